The average Bonchev–Trinajstić information content (AvgIpc) is 2.48. The first-order valence-corrected chi connectivity index (χ1v) is 8.20. The molecule has 0 radical (unpaired) electrons. The van der Waals surface area contributed by atoms with Crippen molar-refractivity contribution in [1.29, 1.82) is 0 Å². The second-order valence-corrected chi connectivity index (χ2v) is 6.32. The van der Waals surface area contributed by atoms with Crippen molar-refractivity contribution in [2.75, 3.05) is 13.2 Å². The predicted octanol–water partition coefficient (Wildman–Crippen LogP) is 2.25. The summed E-state index contributed by atoms with van der Waals surface area (Å²) in [6.07, 6.45) is 8.58. The van der Waals surface area contributed by atoms with Crippen LogP contribution in [0.1, 0.15) is 42.5 Å². The Morgan fingerprint density at radius 2 is 2.14 bits per heavy atom. The van der Waals surface area contributed by atoms with Crippen LogP contribution in [0.3, 0.4) is 0 Å². The molecule has 0 bridgehead atoms. The zero-order valence-electron chi connectivity index (χ0n) is 12.1. The predicted molar refractivity (Wildman–Crippen MR) is 85.1 cm³/mol. The van der Waals surface area contributed by atoms with E-state index in [-0.39, 0.29) is 5.91 Å². The third-order valence-corrected chi connectivity index (χ3v) is 4.08. The van der Waals surface area contributed by atoms with E-state index >= 15 is 0 Å². The lowest BCUT2D eigenvalue weighted by Gasteiger charge is -2.26. The Morgan fingerprint density at radius 1 is 1.38 bits per heavy atom. The van der Waals surface area contributed by atoms with Gasteiger partial charge in [-0.25, -0.2) is 0 Å². The van der Waals surface area contributed by atoms with Crippen LogP contribution >= 0.6 is 15.9 Å². The van der Waals surface area contributed by atoms with Crippen molar-refractivity contribution in [3.8, 4) is 0 Å². The number of nitrogens with one attached hydrogen (secondary N) is 1. The Hall–Kier alpha value is -0.980. The minimum atomic E-state index is -0.104. The van der Waals surface area contributed by atoms with E-state index in [9.17, 15) is 4.79 Å². The standard InChI is InChI=1S/C15H22BrN3O2/c16-12-8-11(9-18-10-12)15(20)19-6-1-7-21-14-4-2-13(17)3-5-14/h8-10,13-14H,1-7,17H2,(H,19,20). The number of rotatable bonds is 6. The molecule has 0 atom stereocenters. The Balaban J connectivity index is 1.58. The summed E-state index contributed by atoms with van der Waals surface area (Å²) in [5.74, 6) is -0.104. The molecule has 116 valence electrons. The van der Waals surface area contributed by atoms with Gasteiger partial charge in [-0.15, -0.1) is 0 Å². The molecule has 0 spiro atoms. The summed E-state index contributed by atoms with van der Waals surface area (Å²) in [6, 6.07) is 2.10. The second-order valence-electron chi connectivity index (χ2n) is 5.41. The molecule has 0 saturated heterocycles. The maximum absolute atomic E-state index is 11.9. The number of carbonyl (C=O) groups is 1. The van der Waals surface area contributed by atoms with Crippen molar-refractivity contribution in [2.45, 2.75) is 44.2 Å². The normalized spacial score (nSPS) is 22.0. The van der Waals surface area contributed by atoms with E-state index in [2.05, 4.69) is 26.2 Å². The fraction of sp³-hybridized carbons (Fsp3) is 0.600. The van der Waals surface area contributed by atoms with Gasteiger partial charge in [0.15, 0.2) is 0 Å². The van der Waals surface area contributed by atoms with E-state index in [0.717, 1.165) is 36.6 Å². The van der Waals surface area contributed by atoms with Crippen LogP contribution in [0, 0.1) is 0 Å². The van der Waals surface area contributed by atoms with E-state index in [4.69, 9.17) is 10.5 Å². The van der Waals surface area contributed by atoms with Crippen LogP contribution in [0.5, 0.6) is 0 Å². The van der Waals surface area contributed by atoms with Gasteiger partial charge >= 0.3 is 0 Å². The van der Waals surface area contributed by atoms with Gasteiger partial charge < -0.3 is 15.8 Å². The van der Waals surface area contributed by atoms with E-state index < -0.39 is 0 Å². The molecule has 1 aliphatic carbocycles. The molecule has 21 heavy (non-hydrogen) atoms. The van der Waals surface area contributed by atoms with Gasteiger partial charge in [-0.1, -0.05) is 0 Å². The van der Waals surface area contributed by atoms with E-state index in [1.54, 1.807) is 18.5 Å². The number of aromatic nitrogens is 1. The number of halogens is 1. The zero-order chi connectivity index (χ0) is 15.1. The van der Waals surface area contributed by atoms with Crippen molar-refractivity contribution in [3.05, 3.63) is 28.5 Å². The fourth-order valence-corrected chi connectivity index (χ4v) is 2.78. The van der Waals surface area contributed by atoms with Gasteiger partial charge in [-0.2, -0.15) is 0 Å². The van der Waals surface area contributed by atoms with Crippen LogP contribution < -0.4 is 11.1 Å². The molecule has 5 nitrogen and oxygen atoms in total. The number of hydrogen-bond donors (Lipinski definition) is 2. The molecular weight excluding hydrogens is 334 g/mol. The molecule has 1 aliphatic rings. The van der Waals surface area contributed by atoms with Crippen LogP contribution in [0.15, 0.2) is 22.9 Å². The summed E-state index contributed by atoms with van der Waals surface area (Å²) < 4.78 is 6.61. The van der Waals surface area contributed by atoms with E-state index in [1.165, 1.54) is 0 Å². The molecule has 1 amide bonds. The molecule has 3 N–H and O–H groups in total. The van der Waals surface area contributed by atoms with Gasteiger partial charge in [-0.3, -0.25) is 9.78 Å². The lowest BCUT2D eigenvalue weighted by atomic mass is 9.94. The van der Waals surface area contributed by atoms with Crippen LogP contribution in [0.2, 0.25) is 0 Å². The van der Waals surface area contributed by atoms with Gasteiger partial charge in [0.2, 0.25) is 0 Å². The molecule has 0 unspecified atom stereocenters. The van der Waals surface area contributed by atoms with Gasteiger partial charge in [0.05, 0.1) is 11.7 Å². The summed E-state index contributed by atoms with van der Waals surface area (Å²) >= 11 is 3.30. The third-order valence-electron chi connectivity index (χ3n) is 3.65. The molecule has 1 fully saturated rings. The molecule has 0 aliphatic heterocycles. The van der Waals surface area contributed by atoms with Crippen LogP contribution in [0.25, 0.3) is 0 Å². The van der Waals surface area contributed by atoms with Gasteiger partial charge in [-0.05, 0) is 54.1 Å². The first kappa shape index (κ1) is 16.4. The number of nitrogens with two attached hydrogens (primary N) is 1. The van der Waals surface area contributed by atoms with Crippen molar-refractivity contribution in [3.63, 3.8) is 0 Å². The highest BCUT2D eigenvalue weighted by Crippen LogP contribution is 2.19. The van der Waals surface area contributed by atoms with Gasteiger partial charge in [0, 0.05) is 36.1 Å². The molecule has 1 aromatic heterocycles. The number of nitrogens with zero attached hydrogens (tertiary/aromatic N) is 1. The molecule has 1 aromatic rings. The monoisotopic (exact) mass is 355 g/mol. The maximum Gasteiger partial charge on any atom is 0.252 e. The van der Waals surface area contributed by atoms with Gasteiger partial charge in [0.25, 0.3) is 5.91 Å². The summed E-state index contributed by atoms with van der Waals surface area (Å²) in [6.45, 7) is 1.29. The number of pyridine rings is 1. The maximum atomic E-state index is 11.9. The van der Waals surface area contributed by atoms with E-state index in [0.29, 0.717) is 30.9 Å². The number of amides is 1. The molecular formula is C15H22BrN3O2. The van der Waals surface area contributed by atoms with Crippen molar-refractivity contribution >= 4 is 21.8 Å². The molecule has 6 heteroatoms. The Bertz CT molecular complexity index is 462. The Kier molecular flexibility index (Phi) is 6.60. The molecule has 1 heterocycles. The first-order valence-electron chi connectivity index (χ1n) is 7.41. The Morgan fingerprint density at radius 3 is 2.86 bits per heavy atom. The number of ether oxygens (including phenoxy) is 1. The first-order chi connectivity index (χ1) is 10.1. The highest BCUT2D eigenvalue weighted by molar-refractivity contribution is 9.10. The van der Waals surface area contributed by atoms with Crippen LogP contribution in [0.4, 0.5) is 0 Å². The smallest absolute Gasteiger partial charge is 0.252 e. The fourth-order valence-electron chi connectivity index (χ4n) is 2.42. The van der Waals surface area contributed by atoms with E-state index in [1.807, 2.05) is 0 Å². The van der Waals surface area contributed by atoms with Crippen molar-refractivity contribution in [2.24, 2.45) is 5.73 Å². The zero-order valence-corrected chi connectivity index (χ0v) is 13.6. The van der Waals surface area contributed by atoms with Crippen LogP contribution in [-0.2, 0) is 4.74 Å². The second kappa shape index (κ2) is 8.46. The van der Waals surface area contributed by atoms with Gasteiger partial charge in [0.1, 0.15) is 0 Å². The quantitative estimate of drug-likeness (QED) is 0.767. The Labute approximate surface area is 133 Å². The third kappa shape index (κ3) is 5.73. The summed E-state index contributed by atoms with van der Waals surface area (Å²) in [5.41, 5.74) is 6.42. The molecule has 1 saturated carbocycles. The minimum Gasteiger partial charge on any atom is -0.378 e. The van der Waals surface area contributed by atoms with Crippen molar-refractivity contribution < 1.29 is 9.53 Å². The number of carbonyl (C=O) groups excluding carboxylic acids is 1. The average molecular weight is 356 g/mol. The summed E-state index contributed by atoms with van der Waals surface area (Å²) in [7, 11) is 0. The topological polar surface area (TPSA) is 77.2 Å². The molecule has 2 rings (SSSR count). The lowest BCUT2D eigenvalue weighted by Crippen LogP contribution is -2.31. The highest BCUT2D eigenvalue weighted by atomic mass is 79.9. The summed E-state index contributed by atoms with van der Waals surface area (Å²) in [4.78, 5) is 15.8. The number of hydrogen-bond acceptors (Lipinski definition) is 4. The van der Waals surface area contributed by atoms with Crippen molar-refractivity contribution in [1.82, 2.24) is 10.3 Å². The lowest BCUT2D eigenvalue weighted by molar-refractivity contribution is 0.0241. The SMILES string of the molecule is NC1CCC(OCCCNC(=O)c2cncc(Br)c2)CC1. The molecule has 0 aromatic carbocycles. The largest absolute Gasteiger partial charge is 0.378 e. The van der Waals surface area contributed by atoms with Crippen LogP contribution in [-0.4, -0.2) is 36.2 Å². The summed E-state index contributed by atoms with van der Waals surface area (Å²) in [5, 5.41) is 2.87. The minimum absolute atomic E-state index is 0.104. The highest BCUT2D eigenvalue weighted by Gasteiger charge is 2.18.